The van der Waals surface area contributed by atoms with Crippen LogP contribution in [0.25, 0.3) is 11.0 Å². The van der Waals surface area contributed by atoms with Crippen LogP contribution in [0, 0.1) is 0 Å². The predicted molar refractivity (Wildman–Crippen MR) is 130 cm³/mol. The minimum atomic E-state index is -0.574. The number of furan rings is 1. The van der Waals surface area contributed by atoms with E-state index in [9.17, 15) is 14.4 Å². The Balaban J connectivity index is 1.18. The first kappa shape index (κ1) is 22.7. The van der Waals surface area contributed by atoms with Crippen molar-refractivity contribution in [2.24, 2.45) is 0 Å². The second-order valence-electron chi connectivity index (χ2n) is 8.75. The van der Waals surface area contributed by atoms with Crippen LogP contribution >= 0.6 is 11.6 Å². The molecule has 2 aromatic carbocycles. The van der Waals surface area contributed by atoms with Crippen LogP contribution in [0.2, 0.25) is 5.02 Å². The summed E-state index contributed by atoms with van der Waals surface area (Å²) in [4.78, 5) is 41.0. The van der Waals surface area contributed by atoms with Gasteiger partial charge in [0, 0.05) is 35.1 Å². The Morgan fingerprint density at radius 3 is 2.86 bits per heavy atom. The molecular weight excluding hydrogens is 490 g/mol. The minimum absolute atomic E-state index is 0.0354. The summed E-state index contributed by atoms with van der Waals surface area (Å²) in [6.07, 6.45) is -0.578. The molecular formula is C25H22ClN3O7. The molecule has 2 atom stereocenters. The highest BCUT2D eigenvalue weighted by molar-refractivity contribution is 6.31. The van der Waals surface area contributed by atoms with Gasteiger partial charge in [-0.25, -0.2) is 4.79 Å². The average Bonchev–Trinajstić information content (AvgIpc) is 3.36. The summed E-state index contributed by atoms with van der Waals surface area (Å²) in [6, 6.07) is 11.7. The number of ether oxygens (including phenoxy) is 3. The number of halogens is 1. The van der Waals surface area contributed by atoms with Crippen LogP contribution in [0.5, 0.6) is 5.75 Å². The number of hydrogen-bond donors (Lipinski definition) is 1. The highest BCUT2D eigenvalue weighted by Crippen LogP contribution is 2.40. The molecule has 0 radical (unpaired) electrons. The first-order chi connectivity index (χ1) is 17.5. The summed E-state index contributed by atoms with van der Waals surface area (Å²) in [5.74, 6) is 0.101. The molecule has 10 nitrogen and oxygen atoms in total. The molecule has 0 saturated carbocycles. The summed E-state index contributed by atoms with van der Waals surface area (Å²) < 4.78 is 22.4. The van der Waals surface area contributed by atoms with Crippen LogP contribution in [0.3, 0.4) is 0 Å². The van der Waals surface area contributed by atoms with Crippen LogP contribution in [0.15, 0.2) is 46.9 Å². The van der Waals surface area contributed by atoms with E-state index in [4.69, 9.17) is 30.2 Å². The van der Waals surface area contributed by atoms with Crippen LogP contribution in [0.4, 0.5) is 16.2 Å². The third kappa shape index (κ3) is 4.02. The molecule has 3 amide bonds. The average molecular weight is 512 g/mol. The number of anilines is 2. The lowest BCUT2D eigenvalue weighted by atomic mass is 10.1. The first-order valence-electron chi connectivity index (χ1n) is 11.6. The van der Waals surface area contributed by atoms with Gasteiger partial charge in [0.25, 0.3) is 11.8 Å². The zero-order chi connectivity index (χ0) is 24.8. The van der Waals surface area contributed by atoms with Gasteiger partial charge >= 0.3 is 6.09 Å². The molecule has 2 fully saturated rings. The second-order valence-corrected chi connectivity index (χ2v) is 9.19. The molecule has 1 aromatic heterocycles. The summed E-state index contributed by atoms with van der Waals surface area (Å²) in [5, 5.41) is 4.08. The Morgan fingerprint density at radius 1 is 1.11 bits per heavy atom. The summed E-state index contributed by atoms with van der Waals surface area (Å²) in [5.41, 5.74) is 1.80. The van der Waals surface area contributed by atoms with Gasteiger partial charge in [0.15, 0.2) is 5.76 Å². The van der Waals surface area contributed by atoms with Crippen molar-refractivity contribution in [2.45, 2.75) is 18.6 Å². The highest BCUT2D eigenvalue weighted by Gasteiger charge is 2.45. The molecule has 3 aliphatic rings. The van der Waals surface area contributed by atoms with Crippen molar-refractivity contribution >= 4 is 51.9 Å². The highest BCUT2D eigenvalue weighted by atomic mass is 35.5. The number of nitrogens with one attached hydrogen (secondary N) is 1. The maximum absolute atomic E-state index is 12.9. The number of hydrogen-bond acceptors (Lipinski definition) is 7. The Hall–Kier alpha value is -3.76. The number of cyclic esters (lactones) is 1. The summed E-state index contributed by atoms with van der Waals surface area (Å²) in [6.45, 7) is 1.40. The molecule has 0 unspecified atom stereocenters. The van der Waals surface area contributed by atoms with Crippen LogP contribution < -0.4 is 19.9 Å². The van der Waals surface area contributed by atoms with E-state index < -0.39 is 18.1 Å². The number of carbonyl (C=O) groups is 3. The third-order valence-corrected chi connectivity index (χ3v) is 6.78. The SMILES string of the molecule is O=C(NC[C@@H]1OC(=O)N2c3ccc(N4CCOCC4=O)cc3OCC[C@@H]12)c1cc2cc(Cl)ccc2o1. The molecule has 4 heterocycles. The van der Waals surface area contributed by atoms with Crippen molar-refractivity contribution in [2.75, 3.05) is 42.7 Å². The zero-order valence-electron chi connectivity index (χ0n) is 19.1. The fourth-order valence-electron chi connectivity index (χ4n) is 4.81. The molecule has 3 aromatic rings. The van der Waals surface area contributed by atoms with Crippen LogP contribution in [-0.4, -0.2) is 63.0 Å². The zero-order valence-corrected chi connectivity index (χ0v) is 19.8. The van der Waals surface area contributed by atoms with E-state index in [0.29, 0.717) is 53.9 Å². The predicted octanol–water partition coefficient (Wildman–Crippen LogP) is 3.36. The number of nitrogens with zero attached hydrogens (tertiary/aromatic N) is 2. The lowest BCUT2D eigenvalue weighted by Gasteiger charge is -2.28. The molecule has 0 spiro atoms. The normalized spacial score (nSPS) is 21.5. The number of morpholine rings is 1. The Bertz CT molecular complexity index is 1370. The first-order valence-corrected chi connectivity index (χ1v) is 12.0. The van der Waals surface area contributed by atoms with Crippen LogP contribution in [0.1, 0.15) is 17.0 Å². The Morgan fingerprint density at radius 2 is 2.00 bits per heavy atom. The van der Waals surface area contributed by atoms with Gasteiger partial charge < -0.3 is 28.8 Å². The van der Waals surface area contributed by atoms with Crippen molar-refractivity contribution in [1.82, 2.24) is 5.32 Å². The third-order valence-electron chi connectivity index (χ3n) is 6.55. The van der Waals surface area contributed by atoms with E-state index in [0.717, 1.165) is 5.39 Å². The van der Waals surface area contributed by atoms with Crippen molar-refractivity contribution in [3.05, 3.63) is 53.2 Å². The standard InChI is InChI=1S/C25H22ClN3O7/c26-15-1-4-19-14(9-15)10-21(35-19)24(31)27-12-22-18-5-7-34-20-11-16(28-6-8-33-13-23(28)30)2-3-17(20)29(18)25(32)36-22/h1-4,9-11,18,22H,5-8,12-13H2,(H,27,31)/t18-,22-/m0/s1. The topological polar surface area (TPSA) is 111 Å². The molecule has 2 saturated heterocycles. The van der Waals surface area contributed by atoms with Gasteiger partial charge in [-0.1, -0.05) is 11.6 Å². The van der Waals surface area contributed by atoms with Gasteiger partial charge in [0.1, 0.15) is 24.0 Å². The molecule has 3 aliphatic heterocycles. The summed E-state index contributed by atoms with van der Waals surface area (Å²) >= 11 is 6.01. The van der Waals surface area contributed by atoms with Gasteiger partial charge in [-0.2, -0.15) is 0 Å². The van der Waals surface area contributed by atoms with E-state index in [1.54, 1.807) is 52.3 Å². The van der Waals surface area contributed by atoms with Crippen molar-refractivity contribution in [1.29, 1.82) is 0 Å². The van der Waals surface area contributed by atoms with E-state index in [2.05, 4.69) is 5.32 Å². The largest absolute Gasteiger partial charge is 0.491 e. The van der Waals surface area contributed by atoms with Crippen molar-refractivity contribution in [3.63, 3.8) is 0 Å². The molecule has 0 bridgehead atoms. The molecule has 11 heteroatoms. The van der Waals surface area contributed by atoms with E-state index in [-0.39, 0.29) is 30.9 Å². The number of rotatable bonds is 4. The number of fused-ring (bicyclic) bond motifs is 4. The smallest absolute Gasteiger partial charge is 0.415 e. The monoisotopic (exact) mass is 511 g/mol. The summed E-state index contributed by atoms with van der Waals surface area (Å²) in [7, 11) is 0. The van der Waals surface area contributed by atoms with Gasteiger partial charge in [0.05, 0.1) is 31.5 Å². The number of carbonyl (C=O) groups excluding carboxylic acids is 3. The lowest BCUT2D eigenvalue weighted by molar-refractivity contribution is -0.125. The molecule has 1 N–H and O–H groups in total. The maximum atomic E-state index is 12.9. The minimum Gasteiger partial charge on any atom is -0.491 e. The Labute approximate surface area is 210 Å². The van der Waals surface area contributed by atoms with Gasteiger partial charge in [-0.05, 0) is 36.4 Å². The maximum Gasteiger partial charge on any atom is 0.415 e. The van der Waals surface area contributed by atoms with E-state index in [1.165, 1.54) is 0 Å². The van der Waals surface area contributed by atoms with Crippen LogP contribution in [-0.2, 0) is 14.3 Å². The number of amides is 3. The van der Waals surface area contributed by atoms with Gasteiger partial charge in [0.2, 0.25) is 0 Å². The number of benzene rings is 2. The van der Waals surface area contributed by atoms with Gasteiger partial charge in [-0.15, -0.1) is 0 Å². The van der Waals surface area contributed by atoms with Crippen molar-refractivity contribution < 1.29 is 33.0 Å². The van der Waals surface area contributed by atoms with E-state index >= 15 is 0 Å². The fourth-order valence-corrected chi connectivity index (χ4v) is 4.99. The van der Waals surface area contributed by atoms with E-state index in [1.807, 2.05) is 0 Å². The Kier molecular flexibility index (Phi) is 5.69. The fraction of sp³-hybridized carbons (Fsp3) is 0.320. The second kappa shape index (κ2) is 9.03. The molecule has 186 valence electrons. The lowest BCUT2D eigenvalue weighted by Crippen LogP contribution is -2.42. The molecule has 0 aliphatic carbocycles. The molecule has 6 rings (SSSR count). The van der Waals surface area contributed by atoms with Gasteiger partial charge in [-0.3, -0.25) is 14.5 Å². The molecule has 36 heavy (non-hydrogen) atoms. The quantitative estimate of drug-likeness (QED) is 0.572. The van der Waals surface area contributed by atoms with Crippen molar-refractivity contribution in [3.8, 4) is 5.75 Å².